The molecule has 0 aliphatic carbocycles. The summed E-state index contributed by atoms with van der Waals surface area (Å²) in [7, 11) is 0. The third-order valence-corrected chi connectivity index (χ3v) is 6.40. The molecule has 166 valence electrons. The van der Waals surface area contributed by atoms with E-state index < -0.39 is 36.2 Å². The van der Waals surface area contributed by atoms with Crippen LogP contribution in [-0.2, 0) is 20.7 Å². The van der Waals surface area contributed by atoms with Crippen LogP contribution in [0.15, 0.2) is 54.6 Å². The highest BCUT2D eigenvalue weighted by Gasteiger charge is 2.50. The summed E-state index contributed by atoms with van der Waals surface area (Å²) >= 11 is 0. The van der Waals surface area contributed by atoms with Crippen LogP contribution in [0.5, 0.6) is 11.5 Å². The molecule has 3 aliphatic rings. The molecule has 3 aromatic rings. The van der Waals surface area contributed by atoms with Crippen molar-refractivity contribution in [1.82, 2.24) is 4.90 Å². The molecule has 8 heteroatoms. The van der Waals surface area contributed by atoms with Gasteiger partial charge in [-0.2, -0.15) is 0 Å². The van der Waals surface area contributed by atoms with Crippen molar-refractivity contribution < 1.29 is 33.7 Å². The number of cyclic esters (lactones) is 1. The van der Waals surface area contributed by atoms with Crippen molar-refractivity contribution in [3.63, 3.8) is 0 Å². The van der Waals surface area contributed by atoms with E-state index in [1.54, 1.807) is 24.3 Å². The van der Waals surface area contributed by atoms with E-state index >= 15 is 0 Å². The minimum atomic E-state index is -0.826. The lowest BCUT2D eigenvalue weighted by atomic mass is 9.93. The number of hydrogen-bond donors (Lipinski definition) is 1. The van der Waals surface area contributed by atoms with Crippen molar-refractivity contribution in [2.45, 2.75) is 31.1 Å². The quantitative estimate of drug-likeness (QED) is 0.616. The molecule has 6 rings (SSSR count). The molecule has 2 fully saturated rings. The molecule has 8 nitrogen and oxygen atoms in total. The van der Waals surface area contributed by atoms with E-state index in [0.717, 1.165) is 10.5 Å². The maximum absolute atomic E-state index is 13.8. The van der Waals surface area contributed by atoms with Gasteiger partial charge >= 0.3 is 12.1 Å². The highest BCUT2D eigenvalue weighted by molar-refractivity contribution is 6.12. The summed E-state index contributed by atoms with van der Waals surface area (Å²) in [4.78, 5) is 39.4. The van der Waals surface area contributed by atoms with Gasteiger partial charge in [0.2, 0.25) is 0 Å². The Labute approximate surface area is 188 Å². The normalized spacial score (nSPS) is 23.2. The molecule has 3 aliphatic heterocycles. The van der Waals surface area contributed by atoms with Gasteiger partial charge in [0.1, 0.15) is 18.1 Å². The largest absolute Gasteiger partial charge is 0.506 e. The molecule has 1 N–H and O–H groups in total. The van der Waals surface area contributed by atoms with Gasteiger partial charge in [-0.3, -0.25) is 9.59 Å². The number of hydrogen-bond acceptors (Lipinski definition) is 7. The lowest BCUT2D eigenvalue weighted by molar-refractivity contribution is -0.141. The van der Waals surface area contributed by atoms with Crippen LogP contribution in [0, 0.1) is 0 Å². The van der Waals surface area contributed by atoms with Crippen LogP contribution in [0.25, 0.3) is 10.8 Å². The molecule has 2 amide bonds. The second-order valence-electron chi connectivity index (χ2n) is 8.38. The second kappa shape index (κ2) is 7.23. The first-order valence-electron chi connectivity index (χ1n) is 10.7. The molecule has 0 unspecified atom stereocenters. The standard InChI is InChI=1S/C25H19NO7/c27-18-11-17-23(33-18)20-19(21(28)15-8-4-5-9-16(15)22(20)32-17)24(29)26-14(12-31-25(26)30)10-13-6-2-1-3-7-13/h1-9,14,17,23,28H,10-12H2/t14-,17-,23+/m1/s1. The van der Waals surface area contributed by atoms with E-state index in [4.69, 9.17) is 14.2 Å². The van der Waals surface area contributed by atoms with Gasteiger partial charge in [-0.1, -0.05) is 54.6 Å². The Morgan fingerprint density at radius 3 is 2.52 bits per heavy atom. The fourth-order valence-electron chi connectivity index (χ4n) is 4.93. The van der Waals surface area contributed by atoms with Crippen LogP contribution >= 0.6 is 0 Å². The van der Waals surface area contributed by atoms with Crippen molar-refractivity contribution in [3.05, 3.63) is 71.3 Å². The Morgan fingerprint density at radius 2 is 1.73 bits per heavy atom. The Morgan fingerprint density at radius 1 is 1.00 bits per heavy atom. The number of phenolic OH excluding ortho intramolecular Hbond substituents is 1. The van der Waals surface area contributed by atoms with Crippen LogP contribution in [0.2, 0.25) is 0 Å². The highest BCUT2D eigenvalue weighted by atomic mass is 16.6. The maximum Gasteiger partial charge on any atom is 0.417 e. The Hall–Kier alpha value is -4.07. The summed E-state index contributed by atoms with van der Waals surface area (Å²) in [5.74, 6) is -1.03. The second-order valence-corrected chi connectivity index (χ2v) is 8.38. The summed E-state index contributed by atoms with van der Waals surface area (Å²) in [6, 6.07) is 15.9. The third-order valence-electron chi connectivity index (χ3n) is 6.40. The first-order chi connectivity index (χ1) is 16.0. The van der Waals surface area contributed by atoms with E-state index in [0.29, 0.717) is 28.5 Å². The van der Waals surface area contributed by atoms with E-state index in [1.807, 2.05) is 30.3 Å². The first-order valence-corrected chi connectivity index (χ1v) is 10.7. The van der Waals surface area contributed by atoms with Crippen molar-refractivity contribution in [3.8, 4) is 11.5 Å². The van der Waals surface area contributed by atoms with E-state index in [9.17, 15) is 19.5 Å². The summed E-state index contributed by atoms with van der Waals surface area (Å²) in [5, 5.41) is 12.2. The molecule has 0 spiro atoms. The predicted molar refractivity (Wildman–Crippen MR) is 115 cm³/mol. The van der Waals surface area contributed by atoms with Gasteiger partial charge in [0.15, 0.2) is 12.2 Å². The number of amides is 2. The number of fused-ring (bicyclic) bond motifs is 5. The summed E-state index contributed by atoms with van der Waals surface area (Å²) in [5.41, 5.74) is 1.15. The molecule has 3 aromatic carbocycles. The Kier molecular flexibility index (Phi) is 4.29. The van der Waals surface area contributed by atoms with E-state index in [-0.39, 0.29) is 24.3 Å². The van der Waals surface area contributed by atoms with Crippen LogP contribution in [0.3, 0.4) is 0 Å². The van der Waals surface area contributed by atoms with Crippen LogP contribution in [0.1, 0.15) is 34.0 Å². The molecule has 0 aromatic heterocycles. The van der Waals surface area contributed by atoms with E-state index in [1.165, 1.54) is 0 Å². The van der Waals surface area contributed by atoms with Crippen LogP contribution in [-0.4, -0.2) is 46.7 Å². The number of carbonyl (C=O) groups excluding carboxylic acids is 3. The number of phenols is 1. The average Bonchev–Trinajstić information content (AvgIpc) is 3.47. The zero-order chi connectivity index (χ0) is 22.7. The predicted octanol–water partition coefficient (Wildman–Crippen LogP) is 3.50. The number of ether oxygens (including phenoxy) is 3. The van der Waals surface area contributed by atoms with Gasteiger partial charge in [0.25, 0.3) is 5.91 Å². The minimum absolute atomic E-state index is 0.0461. The summed E-state index contributed by atoms with van der Waals surface area (Å²) < 4.78 is 16.7. The van der Waals surface area contributed by atoms with Gasteiger partial charge in [0.05, 0.1) is 23.6 Å². The van der Waals surface area contributed by atoms with Crippen molar-refractivity contribution >= 4 is 28.7 Å². The number of carbonyl (C=O) groups is 3. The van der Waals surface area contributed by atoms with Gasteiger partial charge < -0.3 is 19.3 Å². The fraction of sp³-hybridized carbons (Fsp3) is 0.240. The molecule has 3 heterocycles. The van der Waals surface area contributed by atoms with Crippen LogP contribution < -0.4 is 4.74 Å². The zero-order valence-electron chi connectivity index (χ0n) is 17.4. The lowest BCUT2D eigenvalue weighted by Gasteiger charge is -2.23. The number of aromatic hydroxyl groups is 1. The smallest absolute Gasteiger partial charge is 0.417 e. The molecule has 2 saturated heterocycles. The topological polar surface area (TPSA) is 102 Å². The zero-order valence-corrected chi connectivity index (χ0v) is 17.4. The number of rotatable bonds is 3. The number of imide groups is 1. The Balaban J connectivity index is 1.48. The minimum Gasteiger partial charge on any atom is -0.506 e. The third kappa shape index (κ3) is 2.94. The molecule has 33 heavy (non-hydrogen) atoms. The molecule has 0 saturated carbocycles. The average molecular weight is 445 g/mol. The van der Waals surface area contributed by atoms with Crippen molar-refractivity contribution in [2.24, 2.45) is 0 Å². The van der Waals surface area contributed by atoms with Crippen molar-refractivity contribution in [2.75, 3.05) is 6.61 Å². The van der Waals surface area contributed by atoms with Crippen LogP contribution in [0.4, 0.5) is 4.79 Å². The fourth-order valence-corrected chi connectivity index (χ4v) is 4.93. The van der Waals surface area contributed by atoms with Gasteiger partial charge in [0, 0.05) is 10.8 Å². The first kappa shape index (κ1) is 19.6. The molecular formula is C25H19NO7. The summed E-state index contributed by atoms with van der Waals surface area (Å²) in [6.07, 6.45) is -1.74. The molecule has 3 atom stereocenters. The number of benzene rings is 3. The Bertz CT molecular complexity index is 1320. The monoisotopic (exact) mass is 445 g/mol. The SMILES string of the molecule is O=C1C[C@H]2Oc3c(c(C(=O)N4C(=O)OC[C@H]4Cc4ccccc4)c(O)c4ccccc34)[C@H]2O1. The number of nitrogens with zero attached hydrogens (tertiary/aromatic N) is 1. The van der Waals surface area contributed by atoms with Crippen molar-refractivity contribution in [1.29, 1.82) is 0 Å². The molecule has 0 bridgehead atoms. The lowest BCUT2D eigenvalue weighted by Crippen LogP contribution is -2.40. The molecular weight excluding hydrogens is 426 g/mol. The molecule has 0 radical (unpaired) electrons. The van der Waals surface area contributed by atoms with E-state index in [2.05, 4.69) is 0 Å². The highest BCUT2D eigenvalue weighted by Crippen LogP contribution is 2.52. The van der Waals surface area contributed by atoms with Gasteiger partial charge in [-0.15, -0.1) is 0 Å². The van der Waals surface area contributed by atoms with Gasteiger partial charge in [-0.25, -0.2) is 9.69 Å². The maximum atomic E-state index is 13.8. The van der Waals surface area contributed by atoms with Gasteiger partial charge in [-0.05, 0) is 12.0 Å². The summed E-state index contributed by atoms with van der Waals surface area (Å²) in [6.45, 7) is 0.0491. The number of esters is 1.